The molecule has 0 aromatic rings. The van der Waals surface area contributed by atoms with E-state index >= 15 is 0 Å². The summed E-state index contributed by atoms with van der Waals surface area (Å²) in [7, 11) is 1.53. The summed E-state index contributed by atoms with van der Waals surface area (Å²) in [4.78, 5) is 23.1. The number of phosphoric acid groups is 1. The van der Waals surface area contributed by atoms with Crippen LogP contribution in [0, 0.1) is 0 Å². The Morgan fingerprint density at radius 2 is 0.938 bits per heavy atom. The largest absolute Gasteiger partial charge is 0.472 e. The average molecular weight is 920 g/mol. The number of hydrogen-bond donors (Lipinski definition) is 3. The van der Waals surface area contributed by atoms with Gasteiger partial charge in [0.2, 0.25) is 5.91 Å². The van der Waals surface area contributed by atoms with Crippen LogP contribution in [-0.2, 0) is 18.4 Å². The van der Waals surface area contributed by atoms with Crippen molar-refractivity contribution in [2.24, 2.45) is 0 Å². The number of likely N-dealkylation sites (N-methyl/N-ethyl adjacent to an activating group) is 1. The lowest BCUT2D eigenvalue weighted by Crippen LogP contribution is -2.45. The molecule has 0 fully saturated rings. The second-order valence-electron chi connectivity index (χ2n) is 19.2. The normalized spacial score (nSPS) is 14.5. The molecule has 0 spiro atoms. The first-order valence-electron chi connectivity index (χ1n) is 26.7. The highest BCUT2D eigenvalue weighted by Gasteiger charge is 2.27. The third kappa shape index (κ3) is 48.1. The van der Waals surface area contributed by atoms with Crippen LogP contribution in [0.1, 0.15) is 232 Å². The SMILES string of the molecule is CC/C=C\C/C=C\C/C=C\C/C=C\CCC(=O)NC(COP(=O)(O)OCC[N+](C)(C)C)C(O)/C=C/CCCCCCCCCCCCCCCCCCCCCCCCCCCCC. The number of nitrogens with zero attached hydrogens (tertiary/aromatic N) is 1. The fourth-order valence-corrected chi connectivity index (χ4v) is 8.32. The molecule has 0 aliphatic carbocycles. The van der Waals surface area contributed by atoms with E-state index < -0.39 is 20.0 Å². The Labute approximate surface area is 396 Å². The number of aliphatic hydroxyl groups excluding tert-OH is 1. The fourth-order valence-electron chi connectivity index (χ4n) is 7.58. The fraction of sp³-hybridized carbons (Fsp3) is 0.800. The van der Waals surface area contributed by atoms with E-state index in [9.17, 15) is 19.4 Å². The van der Waals surface area contributed by atoms with Crippen molar-refractivity contribution in [3.63, 3.8) is 0 Å². The molecule has 0 heterocycles. The standard InChI is InChI=1S/C55H103N2O6P/c1-6-8-10-12-14-16-18-20-21-22-23-24-25-26-27-28-29-30-31-32-33-34-35-37-38-40-42-44-46-48-54(58)53(52-63-64(60,61)62-51-50-57(3,4)5)56-55(59)49-47-45-43-41-39-36-19-17-15-13-11-9-7-2/h9,11,15,17,36,39,43,45-46,48,53-54,58H,6-8,10,12-14,16,18-35,37-38,40-42,44,47,49-52H2,1-5H3,(H-,56,59,60,61)/p+1/b11-9-,17-15-,39-36-,45-43-,48-46+. The molecule has 0 saturated carbocycles. The maximum Gasteiger partial charge on any atom is 0.472 e. The summed E-state index contributed by atoms with van der Waals surface area (Å²) >= 11 is 0. The maximum atomic E-state index is 12.8. The number of amides is 1. The number of rotatable bonds is 48. The molecule has 3 N–H and O–H groups in total. The number of carbonyl (C=O) groups is 1. The molecule has 64 heavy (non-hydrogen) atoms. The van der Waals surface area contributed by atoms with Gasteiger partial charge in [-0.3, -0.25) is 13.8 Å². The van der Waals surface area contributed by atoms with Crippen LogP contribution in [0.3, 0.4) is 0 Å². The van der Waals surface area contributed by atoms with Crippen LogP contribution in [0.4, 0.5) is 0 Å². The van der Waals surface area contributed by atoms with Gasteiger partial charge in [-0.1, -0.05) is 242 Å². The summed E-state index contributed by atoms with van der Waals surface area (Å²) < 4.78 is 23.6. The monoisotopic (exact) mass is 920 g/mol. The topological polar surface area (TPSA) is 105 Å². The zero-order valence-corrected chi connectivity index (χ0v) is 43.4. The minimum atomic E-state index is -4.36. The predicted molar refractivity (Wildman–Crippen MR) is 277 cm³/mol. The lowest BCUT2D eigenvalue weighted by molar-refractivity contribution is -0.870. The van der Waals surface area contributed by atoms with Crippen molar-refractivity contribution in [2.75, 3.05) is 40.9 Å². The van der Waals surface area contributed by atoms with Gasteiger partial charge in [-0.05, 0) is 44.9 Å². The number of hydrogen-bond acceptors (Lipinski definition) is 5. The number of aliphatic hydroxyl groups is 1. The molecule has 1 amide bonds. The van der Waals surface area contributed by atoms with E-state index in [-0.39, 0.29) is 25.5 Å². The first kappa shape index (κ1) is 62.2. The minimum Gasteiger partial charge on any atom is -0.387 e. The van der Waals surface area contributed by atoms with E-state index in [4.69, 9.17) is 9.05 Å². The van der Waals surface area contributed by atoms with Crippen LogP contribution in [0.5, 0.6) is 0 Å². The Bertz CT molecular complexity index is 1230. The van der Waals surface area contributed by atoms with Gasteiger partial charge in [0.1, 0.15) is 13.2 Å². The van der Waals surface area contributed by atoms with E-state index in [2.05, 4.69) is 55.6 Å². The number of unbranched alkanes of at least 4 members (excludes halogenated alkanes) is 27. The molecule has 0 aliphatic rings. The van der Waals surface area contributed by atoms with Crippen LogP contribution in [0.2, 0.25) is 0 Å². The highest BCUT2D eigenvalue weighted by Crippen LogP contribution is 2.43. The molecule has 9 heteroatoms. The van der Waals surface area contributed by atoms with Crippen molar-refractivity contribution < 1.29 is 32.9 Å². The summed E-state index contributed by atoms with van der Waals surface area (Å²) in [5.74, 6) is -0.257. The van der Waals surface area contributed by atoms with Crippen molar-refractivity contribution >= 4 is 13.7 Å². The third-order valence-corrected chi connectivity index (χ3v) is 12.7. The molecular formula is C55H104N2O6P+. The molecule has 0 aromatic heterocycles. The highest BCUT2D eigenvalue weighted by atomic mass is 31.2. The molecule has 0 rings (SSSR count). The zero-order chi connectivity index (χ0) is 47.1. The molecule has 3 unspecified atom stereocenters. The van der Waals surface area contributed by atoms with Gasteiger partial charge in [-0.15, -0.1) is 0 Å². The van der Waals surface area contributed by atoms with Crippen LogP contribution in [0.25, 0.3) is 0 Å². The first-order valence-corrected chi connectivity index (χ1v) is 28.2. The number of carbonyl (C=O) groups excluding carboxylic acids is 1. The van der Waals surface area contributed by atoms with Crippen LogP contribution < -0.4 is 5.32 Å². The molecule has 374 valence electrons. The number of allylic oxidation sites excluding steroid dienone is 9. The maximum absolute atomic E-state index is 12.8. The lowest BCUT2D eigenvalue weighted by atomic mass is 10.0. The Morgan fingerprint density at radius 1 is 0.547 bits per heavy atom. The Hall–Kier alpha value is -1.80. The van der Waals surface area contributed by atoms with Crippen LogP contribution in [0.15, 0.2) is 60.8 Å². The van der Waals surface area contributed by atoms with Crippen molar-refractivity contribution in [3.05, 3.63) is 60.8 Å². The molecule has 0 radical (unpaired) electrons. The van der Waals surface area contributed by atoms with Gasteiger partial charge in [-0.2, -0.15) is 0 Å². The predicted octanol–water partition coefficient (Wildman–Crippen LogP) is 15.8. The summed E-state index contributed by atoms with van der Waals surface area (Å²) in [5, 5.41) is 13.8. The minimum absolute atomic E-state index is 0.0469. The molecule has 0 aromatic carbocycles. The number of nitrogens with one attached hydrogen (secondary N) is 1. The smallest absolute Gasteiger partial charge is 0.387 e. The van der Waals surface area contributed by atoms with Gasteiger partial charge in [0.05, 0.1) is 39.9 Å². The summed E-state index contributed by atoms with van der Waals surface area (Å²) in [6, 6.07) is -0.887. The summed E-state index contributed by atoms with van der Waals surface area (Å²) in [6.07, 6.45) is 62.1. The Balaban J connectivity index is 4.18. The summed E-state index contributed by atoms with van der Waals surface area (Å²) in [5.41, 5.74) is 0. The second kappa shape index (κ2) is 46.3. The van der Waals surface area contributed by atoms with Crippen LogP contribution in [-0.4, -0.2) is 73.4 Å². The average Bonchev–Trinajstić information content (AvgIpc) is 3.25. The Kier molecular flexibility index (Phi) is 45.0. The van der Waals surface area contributed by atoms with E-state index in [1.54, 1.807) is 6.08 Å². The molecule has 8 nitrogen and oxygen atoms in total. The third-order valence-electron chi connectivity index (χ3n) is 11.8. The quantitative estimate of drug-likeness (QED) is 0.0243. The van der Waals surface area contributed by atoms with E-state index in [0.29, 0.717) is 17.4 Å². The van der Waals surface area contributed by atoms with Gasteiger partial charge >= 0.3 is 7.82 Å². The van der Waals surface area contributed by atoms with E-state index in [0.717, 1.165) is 44.9 Å². The van der Waals surface area contributed by atoms with Gasteiger partial charge in [-0.25, -0.2) is 4.57 Å². The van der Waals surface area contributed by atoms with Crippen molar-refractivity contribution in [1.82, 2.24) is 5.32 Å². The van der Waals surface area contributed by atoms with Gasteiger partial charge in [0.25, 0.3) is 0 Å². The molecular weight excluding hydrogens is 816 g/mol. The highest BCUT2D eigenvalue weighted by molar-refractivity contribution is 7.47. The van der Waals surface area contributed by atoms with Crippen molar-refractivity contribution in [2.45, 2.75) is 244 Å². The van der Waals surface area contributed by atoms with Crippen molar-refractivity contribution in [3.8, 4) is 0 Å². The van der Waals surface area contributed by atoms with Gasteiger partial charge in [0, 0.05) is 6.42 Å². The number of phosphoric ester groups is 1. The molecule has 0 saturated heterocycles. The van der Waals surface area contributed by atoms with Gasteiger partial charge in [0.15, 0.2) is 0 Å². The van der Waals surface area contributed by atoms with E-state index in [1.165, 1.54) is 161 Å². The zero-order valence-electron chi connectivity index (χ0n) is 42.5. The molecule has 0 bridgehead atoms. The summed E-state index contributed by atoms with van der Waals surface area (Å²) in [6.45, 7) is 4.65. The van der Waals surface area contributed by atoms with E-state index in [1.807, 2.05) is 39.4 Å². The second-order valence-corrected chi connectivity index (χ2v) is 20.7. The van der Waals surface area contributed by atoms with Crippen LogP contribution >= 0.6 is 7.82 Å². The van der Waals surface area contributed by atoms with Gasteiger partial charge < -0.3 is 19.8 Å². The Morgan fingerprint density at radius 3 is 1.34 bits per heavy atom. The number of quaternary nitrogens is 1. The molecule has 3 atom stereocenters. The first-order chi connectivity index (χ1) is 31.0. The van der Waals surface area contributed by atoms with Crippen molar-refractivity contribution in [1.29, 1.82) is 0 Å². The molecule has 0 aliphatic heterocycles. The lowest BCUT2D eigenvalue weighted by Gasteiger charge is -2.25.